The maximum Gasteiger partial charge on any atom is 0.220 e. The number of hydrogen-bond donors (Lipinski definition) is 1. The Hall–Kier alpha value is -1.68. The second-order valence-electron chi connectivity index (χ2n) is 7.29. The molecule has 0 fully saturated rings. The van der Waals surface area contributed by atoms with Crippen LogP contribution in [0.15, 0.2) is 0 Å². The molecule has 1 amide bonds. The smallest absolute Gasteiger partial charge is 0.220 e. The van der Waals surface area contributed by atoms with Gasteiger partial charge in [0.05, 0.1) is 33.0 Å². The fourth-order valence-corrected chi connectivity index (χ4v) is 2.50. The quantitative estimate of drug-likeness (QED) is 0.236. The highest BCUT2D eigenvalue weighted by atomic mass is 16.5. The van der Waals surface area contributed by atoms with Crippen LogP contribution in [0.2, 0.25) is 0 Å². The normalized spacial score (nSPS) is 10.8. The van der Waals surface area contributed by atoms with Crippen LogP contribution in [0.3, 0.4) is 0 Å². The number of carbonyl (C=O) groups excluding carboxylic acids is 4. The number of nitrogens with one attached hydrogen (secondary N) is 1. The molecule has 0 saturated heterocycles. The van der Waals surface area contributed by atoms with E-state index in [2.05, 4.69) is 5.32 Å². The largest absolute Gasteiger partial charge is 0.379 e. The first-order valence-corrected chi connectivity index (χ1v) is 11.0. The van der Waals surface area contributed by atoms with Crippen LogP contribution >= 0.6 is 0 Å². The van der Waals surface area contributed by atoms with E-state index >= 15 is 0 Å². The molecule has 0 bridgehead atoms. The zero-order chi connectivity index (χ0) is 23.2. The average Bonchev–Trinajstić information content (AvgIpc) is 2.71. The Bertz CT molecular complexity index is 466. The van der Waals surface area contributed by atoms with Crippen molar-refractivity contribution in [3.63, 3.8) is 0 Å². The number of carbonyl (C=O) groups is 4. The Balaban J connectivity index is 3.33. The van der Waals surface area contributed by atoms with Crippen molar-refractivity contribution in [3.8, 4) is 0 Å². The van der Waals surface area contributed by atoms with Crippen LogP contribution in [-0.2, 0) is 38.1 Å². The van der Waals surface area contributed by atoms with Gasteiger partial charge in [0.15, 0.2) is 11.6 Å². The van der Waals surface area contributed by atoms with Crippen molar-refractivity contribution >= 4 is 23.3 Å². The van der Waals surface area contributed by atoms with E-state index < -0.39 is 0 Å². The molecule has 0 heterocycles. The number of Topliss-reactive ketones (excluding diaryl/α,β-unsaturated/α-hetero) is 3. The summed E-state index contributed by atoms with van der Waals surface area (Å²) in [7, 11) is 0. The maximum absolute atomic E-state index is 11.8. The Morgan fingerprint density at radius 3 is 1.71 bits per heavy atom. The Morgan fingerprint density at radius 1 is 0.581 bits per heavy atom. The number of rotatable bonds is 23. The monoisotopic (exact) mass is 445 g/mol. The second-order valence-corrected chi connectivity index (χ2v) is 7.29. The third kappa shape index (κ3) is 24.5. The molecule has 9 nitrogen and oxygen atoms in total. The predicted molar refractivity (Wildman–Crippen MR) is 115 cm³/mol. The number of unbranched alkanes of at least 4 members (excludes halogenated alkanes) is 2. The fourth-order valence-electron chi connectivity index (χ4n) is 2.50. The van der Waals surface area contributed by atoms with Gasteiger partial charge in [-0.15, -0.1) is 0 Å². The van der Waals surface area contributed by atoms with Crippen LogP contribution in [-0.4, -0.2) is 82.7 Å². The van der Waals surface area contributed by atoms with E-state index in [1.165, 1.54) is 13.8 Å². The molecule has 0 rings (SSSR count). The van der Waals surface area contributed by atoms with Crippen molar-refractivity contribution in [2.45, 2.75) is 58.8 Å². The maximum atomic E-state index is 11.8. The molecule has 31 heavy (non-hydrogen) atoms. The van der Waals surface area contributed by atoms with Gasteiger partial charge < -0.3 is 24.3 Å². The Labute approximate surface area is 185 Å². The lowest BCUT2D eigenvalue weighted by Gasteiger charge is -2.07. The number of hydrogen-bond acceptors (Lipinski definition) is 8. The highest BCUT2D eigenvalue weighted by Gasteiger charge is 2.04. The molecule has 0 aliphatic carbocycles. The van der Waals surface area contributed by atoms with E-state index in [0.29, 0.717) is 71.9 Å². The van der Waals surface area contributed by atoms with E-state index in [4.69, 9.17) is 18.9 Å². The summed E-state index contributed by atoms with van der Waals surface area (Å²) in [6.07, 6.45) is 4.52. The molecule has 0 aliphatic rings. The van der Waals surface area contributed by atoms with E-state index in [-0.39, 0.29) is 36.5 Å². The molecule has 0 aromatic carbocycles. The molecule has 0 aliphatic heterocycles. The number of amides is 1. The summed E-state index contributed by atoms with van der Waals surface area (Å²) < 4.78 is 20.8. The van der Waals surface area contributed by atoms with Crippen LogP contribution in [0.4, 0.5) is 0 Å². The standard InChI is InChI=1S/C22H39NO8/c1-19(24)17-30-15-13-28-11-6-8-21(26)7-4-3-5-9-22(27)23-10-12-29-14-16-31-18-20(2)25/h3-18H2,1-2H3,(H,23,27). The Morgan fingerprint density at radius 2 is 1.10 bits per heavy atom. The van der Waals surface area contributed by atoms with Gasteiger partial charge in [0.25, 0.3) is 0 Å². The van der Waals surface area contributed by atoms with Gasteiger partial charge >= 0.3 is 0 Å². The fraction of sp³-hybridized carbons (Fsp3) is 0.818. The van der Waals surface area contributed by atoms with E-state index in [0.717, 1.165) is 19.3 Å². The first kappa shape index (κ1) is 29.3. The zero-order valence-corrected chi connectivity index (χ0v) is 19.1. The van der Waals surface area contributed by atoms with E-state index in [9.17, 15) is 19.2 Å². The minimum atomic E-state index is -0.0214. The van der Waals surface area contributed by atoms with Crippen LogP contribution < -0.4 is 5.32 Å². The predicted octanol–water partition coefficient (Wildman–Crippen LogP) is 1.65. The minimum Gasteiger partial charge on any atom is -0.379 e. The Kier molecular flexibility index (Phi) is 20.4. The van der Waals surface area contributed by atoms with Gasteiger partial charge in [0, 0.05) is 32.4 Å². The highest BCUT2D eigenvalue weighted by Crippen LogP contribution is 2.06. The first-order chi connectivity index (χ1) is 14.9. The van der Waals surface area contributed by atoms with Crippen molar-refractivity contribution in [2.75, 3.05) is 59.4 Å². The molecule has 0 spiro atoms. The molecule has 0 unspecified atom stereocenters. The van der Waals surface area contributed by atoms with Crippen LogP contribution in [0.5, 0.6) is 0 Å². The molecular formula is C22H39NO8. The summed E-state index contributed by atoms with van der Waals surface area (Å²) in [5.74, 6) is 0.158. The van der Waals surface area contributed by atoms with Gasteiger partial charge in [-0.25, -0.2) is 0 Å². The SMILES string of the molecule is CC(=O)COCCOCCCC(=O)CCCCCC(=O)NCCOCCOCC(C)=O. The van der Waals surface area contributed by atoms with Crippen molar-refractivity contribution in [1.29, 1.82) is 0 Å². The molecule has 0 radical (unpaired) electrons. The van der Waals surface area contributed by atoms with Crippen LogP contribution in [0, 0.1) is 0 Å². The van der Waals surface area contributed by atoms with E-state index in [1.54, 1.807) is 0 Å². The summed E-state index contributed by atoms with van der Waals surface area (Å²) in [4.78, 5) is 44.9. The second kappa shape index (κ2) is 21.5. The van der Waals surface area contributed by atoms with Crippen molar-refractivity contribution in [3.05, 3.63) is 0 Å². The molecule has 0 aromatic heterocycles. The minimum absolute atomic E-state index is 0.0126. The molecule has 1 N–H and O–H groups in total. The average molecular weight is 446 g/mol. The summed E-state index contributed by atoms with van der Waals surface area (Å²) in [5.41, 5.74) is 0. The van der Waals surface area contributed by atoms with E-state index in [1.807, 2.05) is 0 Å². The highest BCUT2D eigenvalue weighted by molar-refractivity contribution is 5.78. The van der Waals surface area contributed by atoms with Gasteiger partial charge in [-0.05, 0) is 33.1 Å². The van der Waals surface area contributed by atoms with Crippen molar-refractivity contribution in [1.82, 2.24) is 5.32 Å². The number of ether oxygens (including phenoxy) is 4. The lowest BCUT2D eigenvalue weighted by atomic mass is 10.1. The summed E-state index contributed by atoms with van der Waals surface area (Å²) in [6, 6.07) is 0. The van der Waals surface area contributed by atoms with Crippen LogP contribution in [0.1, 0.15) is 58.8 Å². The lowest BCUT2D eigenvalue weighted by molar-refractivity contribution is -0.123. The van der Waals surface area contributed by atoms with Crippen molar-refractivity contribution in [2.24, 2.45) is 0 Å². The molecule has 0 saturated carbocycles. The third-order valence-corrected chi connectivity index (χ3v) is 4.03. The number of ketones is 3. The molecule has 0 aromatic rings. The molecule has 180 valence electrons. The molecule has 9 heteroatoms. The van der Waals surface area contributed by atoms with Gasteiger partial charge in [-0.1, -0.05) is 6.42 Å². The summed E-state index contributed by atoms with van der Waals surface area (Å²) in [5, 5.41) is 2.78. The molecular weight excluding hydrogens is 406 g/mol. The first-order valence-electron chi connectivity index (χ1n) is 11.0. The lowest BCUT2D eigenvalue weighted by Crippen LogP contribution is -2.27. The summed E-state index contributed by atoms with van der Waals surface area (Å²) >= 11 is 0. The zero-order valence-electron chi connectivity index (χ0n) is 19.1. The van der Waals surface area contributed by atoms with Gasteiger partial charge in [0.2, 0.25) is 5.91 Å². The molecule has 0 atom stereocenters. The third-order valence-electron chi connectivity index (χ3n) is 4.03. The topological polar surface area (TPSA) is 117 Å². The van der Waals surface area contributed by atoms with Gasteiger partial charge in [-0.2, -0.15) is 0 Å². The summed E-state index contributed by atoms with van der Waals surface area (Å²) in [6.45, 7) is 6.03. The van der Waals surface area contributed by atoms with Gasteiger partial charge in [0.1, 0.15) is 19.0 Å². The van der Waals surface area contributed by atoms with Gasteiger partial charge in [-0.3, -0.25) is 19.2 Å². The van der Waals surface area contributed by atoms with Crippen molar-refractivity contribution < 1.29 is 38.1 Å². The van der Waals surface area contributed by atoms with Crippen LogP contribution in [0.25, 0.3) is 0 Å².